The zero-order valence-electron chi connectivity index (χ0n) is 11.2. The minimum Gasteiger partial charge on any atom is -0.370 e. The van der Waals surface area contributed by atoms with Crippen LogP contribution < -0.4 is 16.8 Å². The van der Waals surface area contributed by atoms with Crippen LogP contribution >= 0.6 is 11.8 Å². The molecular formula is C13H18FN3O2S. The number of rotatable bonds is 7. The lowest BCUT2D eigenvalue weighted by atomic mass is 10.1. The molecule has 5 N–H and O–H groups in total. The smallest absolute Gasteiger partial charge is 0.237 e. The van der Waals surface area contributed by atoms with Crippen molar-refractivity contribution >= 4 is 23.6 Å². The molecule has 7 heteroatoms. The van der Waals surface area contributed by atoms with Gasteiger partial charge in [-0.3, -0.25) is 9.59 Å². The Morgan fingerprint density at radius 2 is 2.15 bits per heavy atom. The highest BCUT2D eigenvalue weighted by molar-refractivity contribution is 7.98. The molecule has 1 aromatic rings. The van der Waals surface area contributed by atoms with Gasteiger partial charge in [0, 0.05) is 23.4 Å². The number of nitrogens with two attached hydrogens (primary N) is 2. The van der Waals surface area contributed by atoms with E-state index in [-0.39, 0.29) is 25.2 Å². The molecule has 0 aliphatic heterocycles. The molecule has 0 saturated carbocycles. The average molecular weight is 299 g/mol. The van der Waals surface area contributed by atoms with Crippen molar-refractivity contribution < 1.29 is 14.0 Å². The summed E-state index contributed by atoms with van der Waals surface area (Å²) < 4.78 is 13.7. The van der Waals surface area contributed by atoms with Crippen LogP contribution in [0.1, 0.15) is 18.4 Å². The average Bonchev–Trinajstić information content (AvgIpc) is 2.42. The van der Waals surface area contributed by atoms with Gasteiger partial charge in [-0.15, -0.1) is 11.8 Å². The van der Waals surface area contributed by atoms with Gasteiger partial charge in [0.05, 0.1) is 6.04 Å². The number of carbonyl (C=O) groups excluding carboxylic acids is 2. The lowest BCUT2D eigenvalue weighted by Crippen LogP contribution is -2.40. The quantitative estimate of drug-likeness (QED) is 0.647. The van der Waals surface area contributed by atoms with Crippen molar-refractivity contribution in [3.8, 4) is 0 Å². The summed E-state index contributed by atoms with van der Waals surface area (Å²) in [6.07, 6.45) is 2.08. The summed E-state index contributed by atoms with van der Waals surface area (Å²) in [5.74, 6) is -1.31. The Kier molecular flexibility index (Phi) is 6.47. The molecule has 110 valence electrons. The first kappa shape index (κ1) is 16.5. The van der Waals surface area contributed by atoms with E-state index in [1.165, 1.54) is 17.8 Å². The van der Waals surface area contributed by atoms with Crippen molar-refractivity contribution in [1.82, 2.24) is 5.32 Å². The molecule has 1 atom stereocenters. The second-order valence-electron chi connectivity index (χ2n) is 4.29. The zero-order chi connectivity index (χ0) is 15.1. The van der Waals surface area contributed by atoms with Crippen LogP contribution in [-0.2, 0) is 16.1 Å². The third-order valence-corrected chi connectivity index (χ3v) is 3.48. The summed E-state index contributed by atoms with van der Waals surface area (Å²) in [6, 6.07) is 3.99. The fraction of sp³-hybridized carbons (Fsp3) is 0.385. The van der Waals surface area contributed by atoms with E-state index >= 15 is 0 Å². The van der Waals surface area contributed by atoms with E-state index in [4.69, 9.17) is 11.5 Å². The maximum Gasteiger partial charge on any atom is 0.237 e. The number of benzene rings is 1. The van der Waals surface area contributed by atoms with Crippen molar-refractivity contribution in [2.45, 2.75) is 30.3 Å². The summed E-state index contributed by atoms with van der Waals surface area (Å²) in [5, 5.41) is 2.54. The molecule has 2 amide bonds. The minimum atomic E-state index is -0.823. The van der Waals surface area contributed by atoms with E-state index < -0.39 is 17.9 Å². The SMILES string of the molecule is CSc1ccc(CNC(=O)C(N)CCC(N)=O)c(F)c1. The standard InChI is InChI=1S/C13H18FN3O2S/c1-20-9-3-2-8(10(14)6-9)7-17-13(19)11(15)4-5-12(16)18/h2-3,6,11H,4-5,7,15H2,1H3,(H2,16,18)(H,17,19). The first-order valence-electron chi connectivity index (χ1n) is 6.08. The molecule has 1 aromatic carbocycles. The Balaban J connectivity index is 2.50. The predicted molar refractivity (Wildman–Crippen MR) is 76.4 cm³/mol. The van der Waals surface area contributed by atoms with Crippen LogP contribution in [0.5, 0.6) is 0 Å². The van der Waals surface area contributed by atoms with Crippen LogP contribution in [0.25, 0.3) is 0 Å². The Labute approximate surface area is 121 Å². The van der Waals surface area contributed by atoms with Crippen LogP contribution in [0.3, 0.4) is 0 Å². The largest absolute Gasteiger partial charge is 0.370 e. The van der Waals surface area contributed by atoms with Crippen molar-refractivity contribution in [2.75, 3.05) is 6.26 Å². The van der Waals surface area contributed by atoms with Gasteiger partial charge in [-0.05, 0) is 24.8 Å². The van der Waals surface area contributed by atoms with Gasteiger partial charge in [0.1, 0.15) is 5.82 Å². The number of carbonyl (C=O) groups is 2. The lowest BCUT2D eigenvalue weighted by Gasteiger charge is -2.12. The number of hydrogen-bond acceptors (Lipinski definition) is 4. The summed E-state index contributed by atoms with van der Waals surface area (Å²) in [7, 11) is 0. The molecule has 0 aliphatic rings. The topological polar surface area (TPSA) is 98.2 Å². The van der Waals surface area contributed by atoms with Crippen LogP contribution in [0, 0.1) is 5.82 Å². The van der Waals surface area contributed by atoms with E-state index in [2.05, 4.69) is 5.32 Å². The highest BCUT2D eigenvalue weighted by atomic mass is 32.2. The van der Waals surface area contributed by atoms with Crippen molar-refractivity contribution in [3.63, 3.8) is 0 Å². The van der Waals surface area contributed by atoms with Crippen molar-refractivity contribution in [3.05, 3.63) is 29.6 Å². The molecule has 0 saturated heterocycles. The van der Waals surface area contributed by atoms with Gasteiger partial charge in [0.2, 0.25) is 11.8 Å². The van der Waals surface area contributed by atoms with Gasteiger partial charge in [-0.1, -0.05) is 6.07 Å². The van der Waals surface area contributed by atoms with Crippen molar-refractivity contribution in [2.24, 2.45) is 11.5 Å². The normalized spacial score (nSPS) is 11.9. The molecule has 5 nitrogen and oxygen atoms in total. The number of primary amides is 1. The lowest BCUT2D eigenvalue weighted by molar-refractivity contribution is -0.123. The number of hydrogen-bond donors (Lipinski definition) is 3. The van der Waals surface area contributed by atoms with Gasteiger partial charge in [0.25, 0.3) is 0 Å². The summed E-state index contributed by atoms with van der Waals surface area (Å²) >= 11 is 1.44. The number of amides is 2. The van der Waals surface area contributed by atoms with Crippen molar-refractivity contribution in [1.29, 1.82) is 0 Å². The second kappa shape index (κ2) is 7.86. The van der Waals surface area contributed by atoms with Crippen LogP contribution in [-0.4, -0.2) is 24.1 Å². The second-order valence-corrected chi connectivity index (χ2v) is 5.17. The van der Waals surface area contributed by atoms with Gasteiger partial charge in [0.15, 0.2) is 0 Å². The third-order valence-electron chi connectivity index (χ3n) is 2.75. The number of nitrogens with one attached hydrogen (secondary N) is 1. The Morgan fingerprint density at radius 1 is 1.45 bits per heavy atom. The fourth-order valence-corrected chi connectivity index (χ4v) is 1.97. The highest BCUT2D eigenvalue weighted by Crippen LogP contribution is 2.18. The molecule has 1 unspecified atom stereocenters. The first-order valence-corrected chi connectivity index (χ1v) is 7.30. The van der Waals surface area contributed by atoms with E-state index in [0.717, 1.165) is 4.90 Å². The molecule has 0 aliphatic carbocycles. The Hall–Kier alpha value is -1.60. The molecule has 0 spiro atoms. The molecule has 0 radical (unpaired) electrons. The number of halogens is 1. The van der Waals surface area contributed by atoms with E-state index in [0.29, 0.717) is 5.56 Å². The predicted octanol–water partition coefficient (Wildman–Crippen LogP) is 0.757. The maximum atomic E-state index is 13.7. The Bertz CT molecular complexity index is 497. The van der Waals surface area contributed by atoms with Crippen LogP contribution in [0.4, 0.5) is 4.39 Å². The Morgan fingerprint density at radius 3 is 2.70 bits per heavy atom. The maximum absolute atomic E-state index is 13.7. The zero-order valence-corrected chi connectivity index (χ0v) is 12.0. The van der Waals surface area contributed by atoms with E-state index in [1.54, 1.807) is 12.1 Å². The molecular weight excluding hydrogens is 281 g/mol. The molecule has 1 rings (SSSR count). The third kappa shape index (κ3) is 5.18. The van der Waals surface area contributed by atoms with Crippen LogP contribution in [0.15, 0.2) is 23.1 Å². The van der Waals surface area contributed by atoms with Gasteiger partial charge >= 0.3 is 0 Å². The molecule has 0 aromatic heterocycles. The first-order chi connectivity index (χ1) is 9.43. The van der Waals surface area contributed by atoms with Gasteiger partial charge in [-0.2, -0.15) is 0 Å². The van der Waals surface area contributed by atoms with Crippen LogP contribution in [0.2, 0.25) is 0 Å². The monoisotopic (exact) mass is 299 g/mol. The van der Waals surface area contributed by atoms with Gasteiger partial charge in [-0.25, -0.2) is 4.39 Å². The molecule has 0 bridgehead atoms. The van der Waals surface area contributed by atoms with E-state index in [9.17, 15) is 14.0 Å². The summed E-state index contributed by atoms with van der Waals surface area (Å²) in [4.78, 5) is 23.1. The fourth-order valence-electron chi connectivity index (χ4n) is 1.54. The highest BCUT2D eigenvalue weighted by Gasteiger charge is 2.14. The van der Waals surface area contributed by atoms with E-state index in [1.807, 2.05) is 6.26 Å². The summed E-state index contributed by atoms with van der Waals surface area (Å²) in [6.45, 7) is 0.0591. The molecule has 0 fully saturated rings. The number of thioether (sulfide) groups is 1. The molecule has 20 heavy (non-hydrogen) atoms. The minimum absolute atomic E-state index is 0.0470. The van der Waals surface area contributed by atoms with Gasteiger partial charge < -0.3 is 16.8 Å². The summed E-state index contributed by atoms with van der Waals surface area (Å²) in [5.41, 5.74) is 11.0. The molecule has 0 heterocycles.